The van der Waals surface area contributed by atoms with Crippen LogP contribution in [0.1, 0.15) is 52.0 Å². The fourth-order valence-electron chi connectivity index (χ4n) is 3.37. The van der Waals surface area contributed by atoms with Gasteiger partial charge in [0.2, 0.25) is 11.8 Å². The van der Waals surface area contributed by atoms with Crippen LogP contribution in [-0.4, -0.2) is 42.5 Å². The SMILES string of the molecule is CC[C@H](C)NC(=O)[C@H](CC)N(Cc1ccccc1)C(=O)CCCOc1ccc(OC)cc1. The van der Waals surface area contributed by atoms with Gasteiger partial charge in [-0.15, -0.1) is 0 Å². The number of nitrogens with one attached hydrogen (secondary N) is 1. The van der Waals surface area contributed by atoms with Crippen LogP contribution < -0.4 is 14.8 Å². The number of amides is 2. The van der Waals surface area contributed by atoms with Gasteiger partial charge in [0.15, 0.2) is 0 Å². The van der Waals surface area contributed by atoms with Gasteiger partial charge in [-0.3, -0.25) is 9.59 Å². The van der Waals surface area contributed by atoms with E-state index in [0.29, 0.717) is 32.4 Å². The molecule has 0 saturated heterocycles. The molecule has 0 aromatic heterocycles. The van der Waals surface area contributed by atoms with Crippen molar-refractivity contribution < 1.29 is 19.1 Å². The van der Waals surface area contributed by atoms with Crippen molar-refractivity contribution in [1.29, 1.82) is 0 Å². The normalized spacial score (nSPS) is 12.5. The zero-order valence-corrected chi connectivity index (χ0v) is 19.7. The van der Waals surface area contributed by atoms with Crippen LogP contribution in [0.25, 0.3) is 0 Å². The van der Waals surface area contributed by atoms with Crippen molar-refractivity contribution in [3.05, 3.63) is 60.2 Å². The molecule has 0 saturated carbocycles. The fraction of sp³-hybridized carbons (Fsp3) is 0.462. The molecule has 0 aliphatic carbocycles. The Morgan fingerprint density at radius 3 is 2.22 bits per heavy atom. The number of nitrogens with zero attached hydrogens (tertiary/aromatic N) is 1. The lowest BCUT2D eigenvalue weighted by atomic mass is 10.1. The Morgan fingerprint density at radius 1 is 0.969 bits per heavy atom. The molecule has 2 aromatic carbocycles. The Kier molecular flexibility index (Phi) is 10.6. The molecule has 0 heterocycles. The molecule has 0 unspecified atom stereocenters. The number of methoxy groups -OCH3 is 1. The van der Waals surface area contributed by atoms with Gasteiger partial charge < -0.3 is 19.7 Å². The quantitative estimate of drug-likeness (QED) is 0.463. The molecule has 174 valence electrons. The number of carbonyl (C=O) groups excluding carboxylic acids is 2. The maximum Gasteiger partial charge on any atom is 0.243 e. The van der Waals surface area contributed by atoms with Gasteiger partial charge >= 0.3 is 0 Å². The predicted molar refractivity (Wildman–Crippen MR) is 127 cm³/mol. The first kappa shape index (κ1) is 25.2. The van der Waals surface area contributed by atoms with Crippen LogP contribution in [-0.2, 0) is 16.1 Å². The van der Waals surface area contributed by atoms with Crippen molar-refractivity contribution >= 4 is 11.8 Å². The van der Waals surface area contributed by atoms with Crippen LogP contribution in [0.3, 0.4) is 0 Å². The zero-order valence-electron chi connectivity index (χ0n) is 19.7. The van der Waals surface area contributed by atoms with E-state index in [0.717, 1.165) is 23.5 Å². The van der Waals surface area contributed by atoms with E-state index in [2.05, 4.69) is 5.32 Å². The largest absolute Gasteiger partial charge is 0.497 e. The monoisotopic (exact) mass is 440 g/mol. The first-order chi connectivity index (χ1) is 15.5. The van der Waals surface area contributed by atoms with Gasteiger partial charge in [-0.2, -0.15) is 0 Å². The molecule has 6 nitrogen and oxygen atoms in total. The summed E-state index contributed by atoms with van der Waals surface area (Å²) in [7, 11) is 1.62. The third-order valence-electron chi connectivity index (χ3n) is 5.45. The van der Waals surface area contributed by atoms with E-state index in [1.807, 2.05) is 75.4 Å². The van der Waals surface area contributed by atoms with Crippen molar-refractivity contribution in [2.24, 2.45) is 0 Å². The maximum atomic E-state index is 13.2. The van der Waals surface area contributed by atoms with Crippen molar-refractivity contribution in [3.63, 3.8) is 0 Å². The van der Waals surface area contributed by atoms with E-state index in [1.54, 1.807) is 12.0 Å². The van der Waals surface area contributed by atoms with Gasteiger partial charge in [-0.25, -0.2) is 0 Å². The van der Waals surface area contributed by atoms with Crippen molar-refractivity contribution in [2.45, 2.75) is 65.1 Å². The number of rotatable bonds is 13. The number of ether oxygens (including phenoxy) is 2. The Balaban J connectivity index is 2.01. The average Bonchev–Trinajstić information content (AvgIpc) is 2.82. The minimum atomic E-state index is -0.501. The Hall–Kier alpha value is -3.02. The Bertz CT molecular complexity index is 823. The summed E-state index contributed by atoms with van der Waals surface area (Å²) in [6, 6.07) is 16.7. The molecule has 32 heavy (non-hydrogen) atoms. The number of hydrogen-bond donors (Lipinski definition) is 1. The van der Waals surface area contributed by atoms with E-state index in [4.69, 9.17) is 9.47 Å². The van der Waals surface area contributed by atoms with Crippen LogP contribution in [0.2, 0.25) is 0 Å². The summed E-state index contributed by atoms with van der Waals surface area (Å²) >= 11 is 0. The highest BCUT2D eigenvalue weighted by Gasteiger charge is 2.28. The summed E-state index contributed by atoms with van der Waals surface area (Å²) in [5.74, 6) is 1.36. The van der Waals surface area contributed by atoms with Crippen molar-refractivity contribution in [2.75, 3.05) is 13.7 Å². The molecule has 0 radical (unpaired) electrons. The standard InChI is InChI=1S/C26H36N2O4/c1-5-20(3)27-26(30)24(6-2)28(19-21-11-8-7-9-12-21)25(29)13-10-18-32-23-16-14-22(31-4)15-17-23/h7-9,11-12,14-17,20,24H,5-6,10,13,18-19H2,1-4H3,(H,27,30)/t20-,24-/m0/s1. The Labute approximate surface area is 191 Å². The molecular formula is C26H36N2O4. The first-order valence-electron chi connectivity index (χ1n) is 11.4. The molecule has 1 N–H and O–H groups in total. The third kappa shape index (κ3) is 7.91. The summed E-state index contributed by atoms with van der Waals surface area (Å²) in [6.07, 6.45) is 2.29. The van der Waals surface area contributed by atoms with Crippen LogP contribution >= 0.6 is 0 Å². The highest BCUT2D eigenvalue weighted by molar-refractivity contribution is 5.87. The van der Waals surface area contributed by atoms with Gasteiger partial charge in [0.05, 0.1) is 13.7 Å². The van der Waals surface area contributed by atoms with Crippen molar-refractivity contribution in [1.82, 2.24) is 10.2 Å². The molecule has 2 atom stereocenters. The summed E-state index contributed by atoms with van der Waals surface area (Å²) in [6.45, 7) is 6.78. The molecule has 0 spiro atoms. The van der Waals surface area contributed by atoms with Gasteiger partial charge in [0, 0.05) is 19.0 Å². The topological polar surface area (TPSA) is 67.9 Å². The minimum Gasteiger partial charge on any atom is -0.497 e. The molecule has 0 aliphatic rings. The predicted octanol–water partition coefficient (Wildman–Crippen LogP) is 4.58. The first-order valence-corrected chi connectivity index (χ1v) is 11.4. The summed E-state index contributed by atoms with van der Waals surface area (Å²) in [5, 5.41) is 3.03. The zero-order chi connectivity index (χ0) is 23.3. The van der Waals surface area contributed by atoms with Gasteiger partial charge in [0.1, 0.15) is 17.5 Å². The second-order valence-corrected chi connectivity index (χ2v) is 7.88. The minimum absolute atomic E-state index is 0.0432. The number of benzene rings is 2. The summed E-state index contributed by atoms with van der Waals surface area (Å²) in [4.78, 5) is 27.8. The van der Waals surface area contributed by atoms with E-state index in [1.165, 1.54) is 0 Å². The number of hydrogen-bond acceptors (Lipinski definition) is 4. The Morgan fingerprint density at radius 2 is 1.62 bits per heavy atom. The second-order valence-electron chi connectivity index (χ2n) is 7.88. The van der Waals surface area contributed by atoms with Crippen LogP contribution in [0.15, 0.2) is 54.6 Å². The maximum absolute atomic E-state index is 13.2. The summed E-state index contributed by atoms with van der Waals surface area (Å²) < 4.78 is 10.9. The lowest BCUT2D eigenvalue weighted by molar-refractivity contribution is -0.141. The van der Waals surface area contributed by atoms with E-state index in [9.17, 15) is 9.59 Å². The average molecular weight is 441 g/mol. The molecule has 2 rings (SSSR count). The molecule has 0 aliphatic heterocycles. The fourth-order valence-corrected chi connectivity index (χ4v) is 3.37. The van der Waals surface area contributed by atoms with E-state index >= 15 is 0 Å². The van der Waals surface area contributed by atoms with Crippen LogP contribution in [0.4, 0.5) is 0 Å². The lowest BCUT2D eigenvalue weighted by Crippen LogP contribution is -2.50. The smallest absolute Gasteiger partial charge is 0.243 e. The highest BCUT2D eigenvalue weighted by Crippen LogP contribution is 2.18. The van der Waals surface area contributed by atoms with Crippen molar-refractivity contribution in [3.8, 4) is 11.5 Å². The molecular weight excluding hydrogens is 404 g/mol. The summed E-state index contributed by atoms with van der Waals surface area (Å²) in [5.41, 5.74) is 1.00. The van der Waals surface area contributed by atoms with Gasteiger partial charge in [-0.1, -0.05) is 44.2 Å². The van der Waals surface area contributed by atoms with Crippen LogP contribution in [0.5, 0.6) is 11.5 Å². The third-order valence-corrected chi connectivity index (χ3v) is 5.45. The lowest BCUT2D eigenvalue weighted by Gasteiger charge is -2.31. The van der Waals surface area contributed by atoms with E-state index in [-0.39, 0.29) is 17.9 Å². The molecule has 0 bridgehead atoms. The molecule has 0 fully saturated rings. The van der Waals surface area contributed by atoms with Gasteiger partial charge in [-0.05, 0) is 56.0 Å². The molecule has 2 amide bonds. The molecule has 2 aromatic rings. The van der Waals surface area contributed by atoms with Gasteiger partial charge in [0.25, 0.3) is 0 Å². The second kappa shape index (κ2) is 13.4. The van der Waals surface area contributed by atoms with E-state index < -0.39 is 6.04 Å². The van der Waals surface area contributed by atoms with Crippen LogP contribution in [0, 0.1) is 0 Å². The molecule has 6 heteroatoms. The number of carbonyl (C=O) groups is 2. The highest BCUT2D eigenvalue weighted by atomic mass is 16.5.